The molecule has 1 heteroatoms. The van der Waals surface area contributed by atoms with Crippen LogP contribution in [0.25, 0.3) is 10.8 Å². The Bertz CT molecular complexity index is 276. The molecular weight excluding hydrogens is 164 g/mol. The summed E-state index contributed by atoms with van der Waals surface area (Å²) in [5.74, 6) is 0. The molecule has 0 bridgehead atoms. The van der Waals surface area contributed by atoms with E-state index in [0.29, 0.717) is 0 Å². The van der Waals surface area contributed by atoms with Crippen molar-refractivity contribution in [1.82, 2.24) is 0 Å². The Morgan fingerprint density at radius 2 is 0.917 bits per heavy atom. The summed E-state index contributed by atoms with van der Waals surface area (Å²) in [5, 5.41) is 2.62. The molecule has 62 valence electrons. The quantitative estimate of drug-likeness (QED) is 0.584. The molecule has 2 aromatic carbocycles. The number of hydrogen-bond acceptors (Lipinski definition) is 1. The lowest BCUT2D eigenvalue weighted by Gasteiger charge is -1.92. The Kier molecular flexibility index (Phi) is 3.68. The highest BCUT2D eigenvalue weighted by Gasteiger charge is 1.85. The van der Waals surface area contributed by atoms with E-state index < -0.39 is 0 Å². The van der Waals surface area contributed by atoms with Gasteiger partial charge < -0.3 is 0 Å². The van der Waals surface area contributed by atoms with Crippen LogP contribution in [-0.2, 0) is 0 Å². The van der Waals surface area contributed by atoms with E-state index in [4.69, 9.17) is 0 Å². The fourth-order valence-corrected chi connectivity index (χ4v) is 1.13. The van der Waals surface area contributed by atoms with Gasteiger partial charge in [-0.25, -0.2) is 0 Å². The maximum absolute atomic E-state index is 3.53. The van der Waals surface area contributed by atoms with Crippen molar-refractivity contribution < 1.29 is 0 Å². The first kappa shape index (κ1) is 9.14. The van der Waals surface area contributed by atoms with Gasteiger partial charge in [0.15, 0.2) is 0 Å². The van der Waals surface area contributed by atoms with Gasteiger partial charge in [-0.15, -0.1) is 0 Å². The molecule has 2 rings (SSSR count). The minimum absolute atomic E-state index is 1.31. The van der Waals surface area contributed by atoms with E-state index in [1.54, 1.807) is 6.26 Å². The van der Waals surface area contributed by atoms with Gasteiger partial charge in [0.2, 0.25) is 0 Å². The monoisotopic (exact) mass is 176 g/mol. The third-order valence-corrected chi connectivity index (χ3v) is 1.66. The zero-order valence-electron chi connectivity index (χ0n) is 7.07. The van der Waals surface area contributed by atoms with Crippen molar-refractivity contribution in [2.75, 3.05) is 6.26 Å². The van der Waals surface area contributed by atoms with Crippen LogP contribution in [0.15, 0.2) is 48.5 Å². The van der Waals surface area contributed by atoms with E-state index >= 15 is 0 Å². The average molecular weight is 176 g/mol. The van der Waals surface area contributed by atoms with Gasteiger partial charge in [0, 0.05) is 0 Å². The van der Waals surface area contributed by atoms with Crippen molar-refractivity contribution in [2.24, 2.45) is 0 Å². The molecule has 0 fully saturated rings. The molecule has 0 aliphatic heterocycles. The zero-order valence-corrected chi connectivity index (χ0v) is 7.96. The summed E-state index contributed by atoms with van der Waals surface area (Å²) in [6.45, 7) is 0. The molecule has 12 heavy (non-hydrogen) atoms. The van der Waals surface area contributed by atoms with Crippen LogP contribution in [-0.4, -0.2) is 6.26 Å². The number of benzene rings is 2. The Morgan fingerprint density at radius 1 is 0.667 bits per heavy atom. The molecule has 0 saturated carbocycles. The molecule has 0 aliphatic carbocycles. The van der Waals surface area contributed by atoms with E-state index in [1.165, 1.54) is 10.8 Å². The van der Waals surface area contributed by atoms with E-state index in [1.807, 2.05) is 0 Å². The first-order valence-corrected chi connectivity index (χ1v) is 4.75. The van der Waals surface area contributed by atoms with E-state index in [-0.39, 0.29) is 0 Å². The van der Waals surface area contributed by atoms with Crippen LogP contribution < -0.4 is 0 Å². The van der Waals surface area contributed by atoms with Crippen LogP contribution in [0, 0.1) is 0 Å². The van der Waals surface area contributed by atoms with Crippen LogP contribution in [0.1, 0.15) is 0 Å². The summed E-state index contributed by atoms with van der Waals surface area (Å²) >= 11 is 3.53. The molecule has 0 heterocycles. The molecule has 0 aliphatic rings. The molecule has 0 saturated heterocycles. The van der Waals surface area contributed by atoms with Crippen LogP contribution >= 0.6 is 12.6 Å². The van der Waals surface area contributed by atoms with Gasteiger partial charge in [-0.05, 0) is 17.0 Å². The lowest BCUT2D eigenvalue weighted by Crippen LogP contribution is -1.67. The molecule has 0 nitrogen and oxygen atoms in total. The molecule has 0 radical (unpaired) electrons. The van der Waals surface area contributed by atoms with Crippen molar-refractivity contribution in [2.45, 2.75) is 0 Å². The largest absolute Gasteiger partial charge is 0.183 e. The summed E-state index contributed by atoms with van der Waals surface area (Å²) in [4.78, 5) is 0. The predicted molar refractivity (Wildman–Crippen MR) is 58.9 cm³/mol. The van der Waals surface area contributed by atoms with Gasteiger partial charge in [-0.2, -0.15) is 12.6 Å². The number of thiol groups is 1. The molecule has 0 amide bonds. The van der Waals surface area contributed by atoms with Gasteiger partial charge >= 0.3 is 0 Å². The second-order valence-corrected chi connectivity index (χ2v) is 2.35. The Balaban J connectivity index is 0.000000336. The molecule has 0 unspecified atom stereocenters. The van der Waals surface area contributed by atoms with Gasteiger partial charge in [0.25, 0.3) is 0 Å². The summed E-state index contributed by atoms with van der Waals surface area (Å²) in [6.07, 6.45) is 1.69. The van der Waals surface area contributed by atoms with Crippen molar-refractivity contribution in [1.29, 1.82) is 0 Å². The lowest BCUT2D eigenvalue weighted by molar-refractivity contribution is 1.75. The zero-order chi connectivity index (χ0) is 8.81. The molecule has 0 aromatic heterocycles. The fraction of sp³-hybridized carbons (Fsp3) is 0.0909. The minimum atomic E-state index is 1.31. The second-order valence-electron chi connectivity index (χ2n) is 2.35. The predicted octanol–water partition coefficient (Wildman–Crippen LogP) is 3.39. The van der Waals surface area contributed by atoms with Crippen LogP contribution in [0.4, 0.5) is 0 Å². The Morgan fingerprint density at radius 3 is 1.17 bits per heavy atom. The average Bonchev–Trinajstić information content (AvgIpc) is 2.21. The molecule has 0 N–H and O–H groups in total. The molecular formula is C11H12S. The van der Waals surface area contributed by atoms with Crippen molar-refractivity contribution in [3.63, 3.8) is 0 Å². The SMILES string of the molecule is CS.c1ccc2ccccc2c1. The normalized spacial score (nSPS) is 8.83. The summed E-state index contributed by atoms with van der Waals surface area (Å²) in [5.41, 5.74) is 0. The van der Waals surface area contributed by atoms with Gasteiger partial charge in [0.05, 0.1) is 0 Å². The minimum Gasteiger partial charge on any atom is -0.183 e. The third-order valence-electron chi connectivity index (χ3n) is 1.66. The van der Waals surface area contributed by atoms with E-state index in [0.717, 1.165) is 0 Å². The van der Waals surface area contributed by atoms with Gasteiger partial charge in [-0.1, -0.05) is 48.5 Å². The standard InChI is InChI=1S/C10H8.CH4S/c1-2-6-10-8-4-3-7-9(10)5-1;1-2/h1-8H;2H,1H3. The second kappa shape index (κ2) is 4.83. The van der Waals surface area contributed by atoms with Crippen LogP contribution in [0.3, 0.4) is 0 Å². The smallest absolute Gasteiger partial charge is 0.0184 e. The lowest BCUT2D eigenvalue weighted by atomic mass is 10.1. The van der Waals surface area contributed by atoms with Crippen LogP contribution in [0.2, 0.25) is 0 Å². The number of rotatable bonds is 0. The highest BCUT2D eigenvalue weighted by molar-refractivity contribution is 7.79. The highest BCUT2D eigenvalue weighted by atomic mass is 32.1. The van der Waals surface area contributed by atoms with Gasteiger partial charge in [-0.3, -0.25) is 0 Å². The van der Waals surface area contributed by atoms with E-state index in [9.17, 15) is 0 Å². The summed E-state index contributed by atoms with van der Waals surface area (Å²) < 4.78 is 0. The van der Waals surface area contributed by atoms with Crippen molar-refractivity contribution >= 4 is 23.4 Å². The Hall–Kier alpha value is -0.950. The highest BCUT2D eigenvalue weighted by Crippen LogP contribution is 2.11. The maximum Gasteiger partial charge on any atom is -0.0184 e. The molecule has 2 aromatic rings. The third kappa shape index (κ3) is 2.02. The maximum atomic E-state index is 3.53. The topological polar surface area (TPSA) is 0 Å². The number of fused-ring (bicyclic) bond motifs is 1. The Labute approximate surface area is 78.6 Å². The first-order chi connectivity index (χ1) is 5.97. The van der Waals surface area contributed by atoms with Crippen LogP contribution in [0.5, 0.6) is 0 Å². The molecule has 0 spiro atoms. The van der Waals surface area contributed by atoms with Gasteiger partial charge in [0.1, 0.15) is 0 Å². The van der Waals surface area contributed by atoms with Crippen molar-refractivity contribution in [3.05, 3.63) is 48.5 Å². The summed E-state index contributed by atoms with van der Waals surface area (Å²) in [7, 11) is 0. The summed E-state index contributed by atoms with van der Waals surface area (Å²) in [6, 6.07) is 16.7. The first-order valence-electron chi connectivity index (χ1n) is 3.85. The fourth-order valence-electron chi connectivity index (χ4n) is 1.13. The van der Waals surface area contributed by atoms with E-state index in [2.05, 4.69) is 61.2 Å². The number of hydrogen-bond donors (Lipinski definition) is 1. The molecule has 0 atom stereocenters. The van der Waals surface area contributed by atoms with Crippen molar-refractivity contribution in [3.8, 4) is 0 Å².